The van der Waals surface area contributed by atoms with Gasteiger partial charge in [0.15, 0.2) is 0 Å². The van der Waals surface area contributed by atoms with E-state index in [2.05, 4.69) is 0 Å². The molecule has 1 aromatic heterocycles. The van der Waals surface area contributed by atoms with E-state index >= 15 is 0 Å². The third-order valence-electron chi connectivity index (χ3n) is 4.63. The Morgan fingerprint density at radius 3 is 2.63 bits per heavy atom. The first kappa shape index (κ1) is 19.9. The molecule has 9 heteroatoms. The van der Waals surface area contributed by atoms with Crippen molar-refractivity contribution in [2.75, 3.05) is 33.4 Å². The second-order valence-electron chi connectivity index (χ2n) is 6.27. The molecule has 146 valence electrons. The minimum Gasteiger partial charge on any atom is -0.379 e. The highest BCUT2D eigenvalue weighted by molar-refractivity contribution is 7.89. The first-order valence-corrected chi connectivity index (χ1v) is 10.8. The zero-order valence-electron chi connectivity index (χ0n) is 15.1. The van der Waals surface area contributed by atoms with Gasteiger partial charge in [0.1, 0.15) is 5.82 Å². The average molecular weight is 413 g/mol. The van der Waals surface area contributed by atoms with Crippen LogP contribution in [0, 0.1) is 5.82 Å². The lowest BCUT2D eigenvalue weighted by Crippen LogP contribution is -2.40. The van der Waals surface area contributed by atoms with Gasteiger partial charge in [-0.15, -0.1) is 11.3 Å². The number of amides is 1. The number of carbonyl (C=O) groups is 1. The average Bonchev–Trinajstić information content (AvgIpc) is 3.22. The van der Waals surface area contributed by atoms with Crippen molar-refractivity contribution in [3.8, 4) is 0 Å². The maximum Gasteiger partial charge on any atom is 0.257 e. The Bertz CT molecular complexity index is 909. The van der Waals surface area contributed by atoms with Gasteiger partial charge in [-0.1, -0.05) is 6.07 Å². The predicted octanol–water partition coefficient (Wildman–Crippen LogP) is 2.74. The Morgan fingerprint density at radius 1 is 1.30 bits per heavy atom. The van der Waals surface area contributed by atoms with Crippen LogP contribution in [-0.4, -0.2) is 56.9 Å². The van der Waals surface area contributed by atoms with Crippen LogP contribution in [0.15, 0.2) is 40.6 Å². The molecule has 6 nitrogen and oxygen atoms in total. The minimum atomic E-state index is -3.81. The molecule has 0 bridgehead atoms. The van der Waals surface area contributed by atoms with E-state index in [9.17, 15) is 17.6 Å². The van der Waals surface area contributed by atoms with Crippen LogP contribution in [0.1, 0.15) is 28.2 Å². The number of thiophene rings is 1. The Hall–Kier alpha value is -1.81. The lowest BCUT2D eigenvalue weighted by Gasteiger charge is -2.27. The van der Waals surface area contributed by atoms with Gasteiger partial charge in [0.25, 0.3) is 5.91 Å². The van der Waals surface area contributed by atoms with Crippen molar-refractivity contribution < 1.29 is 22.3 Å². The number of benzene rings is 1. The number of halogens is 1. The molecule has 1 fully saturated rings. The van der Waals surface area contributed by atoms with Crippen LogP contribution >= 0.6 is 11.3 Å². The zero-order valence-corrected chi connectivity index (χ0v) is 16.7. The van der Waals surface area contributed by atoms with E-state index in [0.29, 0.717) is 13.2 Å². The van der Waals surface area contributed by atoms with E-state index in [0.717, 1.165) is 17.0 Å². The molecular weight excluding hydrogens is 391 g/mol. The summed E-state index contributed by atoms with van der Waals surface area (Å²) < 4.78 is 46.4. The quantitative estimate of drug-likeness (QED) is 0.757. The lowest BCUT2D eigenvalue weighted by molar-refractivity contribution is 0.0728. The Balaban J connectivity index is 1.90. The van der Waals surface area contributed by atoms with Gasteiger partial charge in [-0.3, -0.25) is 4.79 Å². The predicted molar refractivity (Wildman–Crippen MR) is 101 cm³/mol. The van der Waals surface area contributed by atoms with E-state index in [1.807, 2.05) is 24.4 Å². The van der Waals surface area contributed by atoms with Gasteiger partial charge in [-0.2, -0.15) is 4.31 Å². The zero-order chi connectivity index (χ0) is 19.6. The fourth-order valence-electron chi connectivity index (χ4n) is 2.85. The molecule has 0 spiro atoms. The Kier molecular flexibility index (Phi) is 5.95. The molecule has 27 heavy (non-hydrogen) atoms. The number of hydrogen-bond acceptors (Lipinski definition) is 5. The molecule has 1 aliphatic heterocycles. The van der Waals surface area contributed by atoms with E-state index in [1.54, 1.807) is 7.05 Å². The minimum absolute atomic E-state index is 0.0914. The molecule has 1 saturated heterocycles. The number of nitrogens with zero attached hydrogens (tertiary/aromatic N) is 2. The summed E-state index contributed by atoms with van der Waals surface area (Å²) >= 11 is 1.50. The maximum atomic E-state index is 14.3. The largest absolute Gasteiger partial charge is 0.379 e. The van der Waals surface area contributed by atoms with Gasteiger partial charge in [-0.05, 0) is 36.6 Å². The van der Waals surface area contributed by atoms with Crippen LogP contribution in [0.4, 0.5) is 4.39 Å². The summed E-state index contributed by atoms with van der Waals surface area (Å²) in [5.41, 5.74) is -0.254. The molecule has 1 aliphatic rings. The van der Waals surface area contributed by atoms with Crippen LogP contribution < -0.4 is 0 Å². The highest BCUT2D eigenvalue weighted by Gasteiger charge is 2.29. The summed E-state index contributed by atoms with van der Waals surface area (Å²) in [6.45, 7) is 2.94. The number of carbonyl (C=O) groups excluding carboxylic acids is 1. The molecule has 1 atom stereocenters. The second kappa shape index (κ2) is 8.05. The van der Waals surface area contributed by atoms with Gasteiger partial charge >= 0.3 is 0 Å². The van der Waals surface area contributed by atoms with Crippen LogP contribution in [0.2, 0.25) is 0 Å². The molecule has 1 amide bonds. The van der Waals surface area contributed by atoms with Gasteiger partial charge in [0.2, 0.25) is 10.0 Å². The van der Waals surface area contributed by atoms with Gasteiger partial charge in [0.05, 0.1) is 29.7 Å². The number of sulfonamides is 1. The highest BCUT2D eigenvalue weighted by atomic mass is 32.2. The van der Waals surface area contributed by atoms with Gasteiger partial charge < -0.3 is 9.64 Å². The molecule has 2 heterocycles. The van der Waals surface area contributed by atoms with Crippen LogP contribution in [0.3, 0.4) is 0 Å². The van der Waals surface area contributed by atoms with Crippen molar-refractivity contribution >= 4 is 27.3 Å². The first-order chi connectivity index (χ1) is 12.8. The summed E-state index contributed by atoms with van der Waals surface area (Å²) in [6, 6.07) is 6.88. The standard InChI is InChI=1S/C18H21FN2O4S2/c1-13(17-4-3-11-26-17)20(2)18(22)15-12-14(5-6-16(15)19)27(23,24)21-7-9-25-10-8-21/h3-6,11-13H,7-10H2,1-2H3. The lowest BCUT2D eigenvalue weighted by atomic mass is 10.1. The molecule has 0 radical (unpaired) electrons. The van der Waals surface area contributed by atoms with Crippen molar-refractivity contribution in [2.45, 2.75) is 17.9 Å². The Labute approximate surface area is 162 Å². The molecule has 2 aromatic rings. The summed E-state index contributed by atoms with van der Waals surface area (Å²) in [5, 5.41) is 1.90. The first-order valence-electron chi connectivity index (χ1n) is 8.50. The number of rotatable bonds is 5. The smallest absolute Gasteiger partial charge is 0.257 e. The molecule has 1 unspecified atom stereocenters. The maximum absolute atomic E-state index is 14.3. The summed E-state index contributed by atoms with van der Waals surface area (Å²) in [6.07, 6.45) is 0. The Morgan fingerprint density at radius 2 is 2.00 bits per heavy atom. The molecular formula is C18H21FN2O4S2. The highest BCUT2D eigenvalue weighted by Crippen LogP contribution is 2.27. The third-order valence-corrected chi connectivity index (χ3v) is 7.57. The summed E-state index contributed by atoms with van der Waals surface area (Å²) in [5.74, 6) is -1.31. The van der Waals surface area contributed by atoms with Crippen molar-refractivity contribution in [1.82, 2.24) is 9.21 Å². The normalized spacial score (nSPS) is 16.9. The van der Waals surface area contributed by atoms with E-state index in [4.69, 9.17) is 4.74 Å². The second-order valence-corrected chi connectivity index (χ2v) is 9.18. The van der Waals surface area contributed by atoms with Crippen molar-refractivity contribution in [3.63, 3.8) is 0 Å². The topological polar surface area (TPSA) is 66.9 Å². The van der Waals surface area contributed by atoms with Crippen molar-refractivity contribution in [1.29, 1.82) is 0 Å². The number of hydrogen-bond donors (Lipinski definition) is 0. The van der Waals surface area contributed by atoms with Crippen LogP contribution in [0.5, 0.6) is 0 Å². The van der Waals surface area contributed by atoms with E-state index in [1.165, 1.54) is 26.6 Å². The molecule has 0 saturated carbocycles. The van der Waals surface area contributed by atoms with E-state index < -0.39 is 21.7 Å². The fourth-order valence-corrected chi connectivity index (χ4v) is 5.11. The van der Waals surface area contributed by atoms with E-state index in [-0.39, 0.29) is 29.6 Å². The SMILES string of the molecule is CC(c1cccs1)N(C)C(=O)c1cc(S(=O)(=O)N2CCOCC2)ccc1F. The van der Waals surface area contributed by atoms with Gasteiger partial charge in [0, 0.05) is 25.0 Å². The van der Waals surface area contributed by atoms with Crippen molar-refractivity contribution in [3.05, 3.63) is 52.0 Å². The third kappa shape index (κ3) is 4.06. The van der Waals surface area contributed by atoms with Crippen LogP contribution in [0.25, 0.3) is 0 Å². The van der Waals surface area contributed by atoms with Crippen LogP contribution in [-0.2, 0) is 14.8 Å². The summed E-state index contributed by atoms with van der Waals surface area (Å²) in [7, 11) is -2.23. The number of morpholine rings is 1. The number of ether oxygens (including phenoxy) is 1. The fraction of sp³-hybridized carbons (Fsp3) is 0.389. The molecule has 3 rings (SSSR count). The summed E-state index contributed by atoms with van der Waals surface area (Å²) in [4.78, 5) is 15.1. The van der Waals surface area contributed by atoms with Crippen molar-refractivity contribution in [2.24, 2.45) is 0 Å². The molecule has 0 N–H and O–H groups in total. The van der Waals surface area contributed by atoms with Gasteiger partial charge in [-0.25, -0.2) is 12.8 Å². The molecule has 0 aliphatic carbocycles. The monoisotopic (exact) mass is 412 g/mol. The molecule has 1 aromatic carbocycles.